The van der Waals surface area contributed by atoms with Gasteiger partial charge in [-0.3, -0.25) is 9.59 Å². The summed E-state index contributed by atoms with van der Waals surface area (Å²) < 4.78 is 38.8. The normalized spacial score (nSPS) is 18.8. The lowest BCUT2D eigenvalue weighted by atomic mass is 10.1. The van der Waals surface area contributed by atoms with Crippen molar-refractivity contribution in [3.63, 3.8) is 0 Å². The molecule has 6 nitrogen and oxygen atoms in total. The maximum Gasteiger partial charge on any atom is 0.257 e. The Morgan fingerprint density at radius 3 is 2.58 bits per heavy atom. The highest BCUT2D eigenvalue weighted by atomic mass is 35.5. The molecule has 2 aromatic carbocycles. The van der Waals surface area contributed by atoms with E-state index in [4.69, 9.17) is 11.6 Å². The molecule has 1 heterocycles. The van der Waals surface area contributed by atoms with Gasteiger partial charge >= 0.3 is 0 Å². The van der Waals surface area contributed by atoms with Gasteiger partial charge in [-0.15, -0.1) is 0 Å². The van der Waals surface area contributed by atoms with Crippen molar-refractivity contribution in [3.8, 4) is 0 Å². The van der Waals surface area contributed by atoms with Gasteiger partial charge < -0.3 is 5.32 Å². The smallest absolute Gasteiger partial charge is 0.257 e. The number of para-hydroxylation sites is 1. The van der Waals surface area contributed by atoms with E-state index in [-0.39, 0.29) is 27.7 Å². The lowest BCUT2D eigenvalue weighted by Crippen LogP contribution is -2.30. The first-order valence-electron chi connectivity index (χ1n) is 7.63. The van der Waals surface area contributed by atoms with Gasteiger partial charge in [0.1, 0.15) is 5.82 Å². The second kappa shape index (κ2) is 6.69. The summed E-state index contributed by atoms with van der Waals surface area (Å²) in [5, 5.41) is 2.42. The third-order valence-electron chi connectivity index (χ3n) is 3.91. The molecule has 2 aromatic rings. The number of carbonyl (C=O) groups excluding carboxylic acids is 2. The fraction of sp³-hybridized carbons (Fsp3) is 0.176. The fourth-order valence-electron chi connectivity index (χ4n) is 2.65. The maximum absolute atomic E-state index is 13.7. The van der Waals surface area contributed by atoms with Crippen LogP contribution >= 0.6 is 11.6 Å². The Morgan fingerprint density at radius 2 is 1.96 bits per heavy atom. The van der Waals surface area contributed by atoms with E-state index in [0.29, 0.717) is 4.31 Å². The average molecular weight is 397 g/mol. The van der Waals surface area contributed by atoms with E-state index in [1.807, 2.05) is 0 Å². The predicted molar refractivity (Wildman–Crippen MR) is 96.2 cm³/mol. The maximum atomic E-state index is 13.7. The van der Waals surface area contributed by atoms with Gasteiger partial charge in [-0.25, -0.2) is 17.1 Å². The first kappa shape index (κ1) is 18.3. The molecular formula is C17H14ClFN2O4S. The van der Waals surface area contributed by atoms with Crippen LogP contribution < -0.4 is 9.62 Å². The van der Waals surface area contributed by atoms with Gasteiger partial charge in [0.2, 0.25) is 15.9 Å². The molecule has 0 aliphatic carbocycles. The number of anilines is 2. The number of nitrogens with zero attached hydrogens (tertiary/aromatic N) is 1. The number of sulfonamides is 1. The number of benzene rings is 2. The first-order chi connectivity index (χ1) is 12.2. The Balaban J connectivity index is 1.97. The molecule has 1 aliphatic rings. The molecule has 26 heavy (non-hydrogen) atoms. The van der Waals surface area contributed by atoms with Crippen LogP contribution in [0.3, 0.4) is 0 Å². The van der Waals surface area contributed by atoms with Crippen LogP contribution in [-0.2, 0) is 14.8 Å². The zero-order chi connectivity index (χ0) is 19.1. The number of hydrogen-bond donors (Lipinski definition) is 1. The molecule has 0 saturated carbocycles. The molecule has 9 heteroatoms. The van der Waals surface area contributed by atoms with Crippen molar-refractivity contribution in [1.29, 1.82) is 0 Å². The Morgan fingerprint density at radius 1 is 1.27 bits per heavy atom. The zero-order valence-corrected chi connectivity index (χ0v) is 15.1. The van der Waals surface area contributed by atoms with Crippen molar-refractivity contribution in [2.24, 2.45) is 5.92 Å². The van der Waals surface area contributed by atoms with E-state index < -0.39 is 33.6 Å². The quantitative estimate of drug-likeness (QED) is 0.864. The van der Waals surface area contributed by atoms with Crippen LogP contribution in [0.15, 0.2) is 42.5 Å². The van der Waals surface area contributed by atoms with Gasteiger partial charge in [0.25, 0.3) is 5.91 Å². The SMILES string of the molecule is CC1CS(=O)(=O)N(c2ccc(Cl)c(C(=O)Nc3ccccc3F)c2)C1=O. The molecule has 0 bridgehead atoms. The van der Waals surface area contributed by atoms with Crippen LogP contribution in [0.1, 0.15) is 17.3 Å². The number of carbonyl (C=O) groups is 2. The third kappa shape index (κ3) is 3.30. The highest BCUT2D eigenvalue weighted by Crippen LogP contribution is 2.31. The van der Waals surface area contributed by atoms with Crippen LogP contribution in [0.25, 0.3) is 0 Å². The van der Waals surface area contributed by atoms with E-state index in [0.717, 1.165) is 0 Å². The largest absolute Gasteiger partial charge is 0.319 e. The van der Waals surface area contributed by atoms with Crippen LogP contribution in [0.4, 0.5) is 15.8 Å². The summed E-state index contributed by atoms with van der Waals surface area (Å²) in [5.74, 6) is -2.90. The molecule has 1 aliphatic heterocycles. The van der Waals surface area contributed by atoms with E-state index in [1.54, 1.807) is 6.07 Å². The van der Waals surface area contributed by atoms with Crippen LogP contribution in [-0.4, -0.2) is 26.0 Å². The van der Waals surface area contributed by atoms with Gasteiger partial charge in [-0.1, -0.05) is 30.7 Å². The average Bonchev–Trinajstić information content (AvgIpc) is 2.78. The lowest BCUT2D eigenvalue weighted by Gasteiger charge is -2.17. The molecule has 0 radical (unpaired) electrons. The Kier molecular flexibility index (Phi) is 4.72. The highest BCUT2D eigenvalue weighted by Gasteiger charge is 2.42. The van der Waals surface area contributed by atoms with Crippen molar-refractivity contribution < 1.29 is 22.4 Å². The Labute approximate surface area is 154 Å². The Bertz CT molecular complexity index is 1010. The molecule has 0 aromatic heterocycles. The summed E-state index contributed by atoms with van der Waals surface area (Å²) in [7, 11) is -3.81. The molecular weight excluding hydrogens is 383 g/mol. The van der Waals surface area contributed by atoms with Gasteiger partial charge in [0.05, 0.1) is 33.6 Å². The minimum atomic E-state index is -3.81. The second-order valence-electron chi connectivity index (χ2n) is 5.88. The first-order valence-corrected chi connectivity index (χ1v) is 9.61. The minimum absolute atomic E-state index is 0.0161. The zero-order valence-electron chi connectivity index (χ0n) is 13.6. The predicted octanol–water partition coefficient (Wildman–Crippen LogP) is 3.04. The molecule has 1 unspecified atom stereocenters. The fourth-order valence-corrected chi connectivity index (χ4v) is 4.67. The monoisotopic (exact) mass is 396 g/mol. The van der Waals surface area contributed by atoms with Gasteiger partial charge in [-0.2, -0.15) is 0 Å². The van der Waals surface area contributed by atoms with Crippen LogP contribution in [0.5, 0.6) is 0 Å². The summed E-state index contributed by atoms with van der Waals surface area (Å²) in [6.45, 7) is 1.52. The summed E-state index contributed by atoms with van der Waals surface area (Å²) >= 11 is 6.03. The topological polar surface area (TPSA) is 83.6 Å². The van der Waals surface area contributed by atoms with E-state index >= 15 is 0 Å². The number of nitrogens with one attached hydrogen (secondary N) is 1. The summed E-state index contributed by atoms with van der Waals surface area (Å²) in [6, 6.07) is 9.45. The molecule has 3 rings (SSSR count). The molecule has 1 fully saturated rings. The van der Waals surface area contributed by atoms with Gasteiger partial charge in [0, 0.05) is 0 Å². The summed E-state index contributed by atoms with van der Waals surface area (Å²) in [5.41, 5.74) is -0.102. The minimum Gasteiger partial charge on any atom is -0.319 e. The van der Waals surface area contributed by atoms with Crippen LogP contribution in [0.2, 0.25) is 5.02 Å². The standard InChI is InChI=1S/C17H14ClFN2O4S/c1-10-9-26(24,25)21(17(10)23)11-6-7-13(18)12(8-11)16(22)20-15-5-3-2-4-14(15)19/h2-8,10H,9H2,1H3,(H,20,22). The molecule has 0 spiro atoms. The van der Waals surface area contributed by atoms with E-state index in [9.17, 15) is 22.4 Å². The third-order valence-corrected chi connectivity index (χ3v) is 6.11. The number of rotatable bonds is 3. The van der Waals surface area contributed by atoms with Gasteiger partial charge in [0.15, 0.2) is 0 Å². The lowest BCUT2D eigenvalue weighted by molar-refractivity contribution is -0.119. The summed E-state index contributed by atoms with van der Waals surface area (Å²) in [6.07, 6.45) is 0. The molecule has 1 atom stereocenters. The van der Waals surface area contributed by atoms with Gasteiger partial charge in [-0.05, 0) is 30.3 Å². The van der Waals surface area contributed by atoms with Crippen LogP contribution in [0, 0.1) is 11.7 Å². The molecule has 136 valence electrons. The summed E-state index contributed by atoms with van der Waals surface area (Å²) in [4.78, 5) is 24.6. The molecule has 1 saturated heterocycles. The van der Waals surface area contributed by atoms with Crippen molar-refractivity contribution in [1.82, 2.24) is 0 Å². The van der Waals surface area contributed by atoms with Crippen molar-refractivity contribution in [2.75, 3.05) is 15.4 Å². The Hall–Kier alpha value is -2.45. The van der Waals surface area contributed by atoms with E-state index in [2.05, 4.69) is 5.32 Å². The van der Waals surface area contributed by atoms with Crippen molar-refractivity contribution >= 4 is 44.8 Å². The van der Waals surface area contributed by atoms with E-state index in [1.165, 1.54) is 43.3 Å². The number of amides is 2. The number of hydrogen-bond acceptors (Lipinski definition) is 4. The second-order valence-corrected chi connectivity index (χ2v) is 8.15. The highest BCUT2D eigenvalue weighted by molar-refractivity contribution is 7.94. The number of halogens is 2. The molecule has 1 N–H and O–H groups in total. The molecule has 2 amide bonds. The van der Waals surface area contributed by atoms with Crippen molar-refractivity contribution in [3.05, 3.63) is 58.9 Å². The van der Waals surface area contributed by atoms with Crippen molar-refractivity contribution in [2.45, 2.75) is 6.92 Å².